The second-order valence-electron chi connectivity index (χ2n) is 6.99. The van der Waals surface area contributed by atoms with Crippen molar-refractivity contribution in [3.8, 4) is 11.3 Å². The highest BCUT2D eigenvalue weighted by atomic mass is 32.1. The summed E-state index contributed by atoms with van der Waals surface area (Å²) in [6, 6.07) is 12.6. The highest BCUT2D eigenvalue weighted by Crippen LogP contribution is 2.21. The molecule has 0 aliphatic heterocycles. The number of nitro groups is 1. The van der Waals surface area contributed by atoms with Gasteiger partial charge in [-0.25, -0.2) is 4.98 Å². The average Bonchev–Trinajstić information content (AvgIpc) is 3.20. The molecule has 160 valence electrons. The van der Waals surface area contributed by atoms with E-state index in [9.17, 15) is 19.7 Å². The number of aromatic nitrogens is 1. The second kappa shape index (κ2) is 9.94. The molecule has 31 heavy (non-hydrogen) atoms. The van der Waals surface area contributed by atoms with Gasteiger partial charge in [0.05, 0.1) is 15.6 Å². The van der Waals surface area contributed by atoms with Crippen LogP contribution in [0.5, 0.6) is 0 Å². The number of carbonyl (C=O) groups excluding carboxylic acids is 2. The molecule has 0 fully saturated rings. The van der Waals surface area contributed by atoms with Crippen molar-refractivity contribution in [2.75, 3.05) is 6.54 Å². The van der Waals surface area contributed by atoms with Gasteiger partial charge in [0.25, 0.3) is 11.6 Å². The van der Waals surface area contributed by atoms with E-state index in [2.05, 4.69) is 15.6 Å². The number of thiazole rings is 1. The van der Waals surface area contributed by atoms with Crippen LogP contribution in [0.25, 0.3) is 11.3 Å². The summed E-state index contributed by atoms with van der Waals surface area (Å²) in [7, 11) is 0. The molecule has 2 N–H and O–H groups in total. The molecule has 8 nitrogen and oxygen atoms in total. The van der Waals surface area contributed by atoms with E-state index in [1.54, 1.807) is 18.3 Å². The summed E-state index contributed by atoms with van der Waals surface area (Å²) in [5, 5.41) is 19.2. The molecule has 0 aliphatic carbocycles. The lowest BCUT2D eigenvalue weighted by atomic mass is 10.1. The number of amides is 2. The Kier molecular flexibility index (Phi) is 7.09. The Hall–Kier alpha value is -3.59. The predicted octanol–water partition coefficient (Wildman–Crippen LogP) is 3.50. The number of hydrogen-bond donors (Lipinski definition) is 2. The van der Waals surface area contributed by atoms with Gasteiger partial charge >= 0.3 is 0 Å². The first-order chi connectivity index (χ1) is 14.8. The van der Waals surface area contributed by atoms with E-state index in [0.29, 0.717) is 13.0 Å². The van der Waals surface area contributed by atoms with Crippen molar-refractivity contribution in [2.45, 2.75) is 26.3 Å². The minimum absolute atomic E-state index is 0.129. The standard InChI is InChI=1S/C22H22N4O4S/c1-14(24-22(28)18-4-3-5-19(12-18)26(29)30)21(27)23-11-10-16-6-8-17(9-7-16)20-13-31-15(2)25-20/h3-9,12-14H,10-11H2,1-2H3,(H,23,27)(H,24,28). The first-order valence-electron chi connectivity index (χ1n) is 9.68. The molecule has 3 aromatic rings. The van der Waals surface area contributed by atoms with Crippen LogP contribution in [0.4, 0.5) is 5.69 Å². The smallest absolute Gasteiger partial charge is 0.270 e. The summed E-state index contributed by atoms with van der Waals surface area (Å²) in [4.78, 5) is 39.3. The fourth-order valence-electron chi connectivity index (χ4n) is 2.93. The van der Waals surface area contributed by atoms with Crippen molar-refractivity contribution < 1.29 is 14.5 Å². The van der Waals surface area contributed by atoms with Crippen LogP contribution in [0, 0.1) is 17.0 Å². The third-order valence-electron chi connectivity index (χ3n) is 4.64. The molecule has 0 saturated carbocycles. The second-order valence-corrected chi connectivity index (χ2v) is 8.05. The van der Waals surface area contributed by atoms with E-state index in [-0.39, 0.29) is 17.2 Å². The van der Waals surface area contributed by atoms with Crippen molar-refractivity contribution in [3.63, 3.8) is 0 Å². The Bertz CT molecular complexity index is 1090. The molecule has 0 radical (unpaired) electrons. The van der Waals surface area contributed by atoms with Crippen LogP contribution in [0.1, 0.15) is 27.9 Å². The zero-order valence-electron chi connectivity index (χ0n) is 17.1. The van der Waals surface area contributed by atoms with Crippen LogP contribution in [0.3, 0.4) is 0 Å². The predicted molar refractivity (Wildman–Crippen MR) is 119 cm³/mol. The number of nitrogens with one attached hydrogen (secondary N) is 2. The first-order valence-corrected chi connectivity index (χ1v) is 10.6. The van der Waals surface area contributed by atoms with E-state index >= 15 is 0 Å². The van der Waals surface area contributed by atoms with Crippen LogP contribution in [0.2, 0.25) is 0 Å². The van der Waals surface area contributed by atoms with Crippen molar-refractivity contribution in [1.82, 2.24) is 15.6 Å². The molecule has 3 rings (SSSR count). The van der Waals surface area contributed by atoms with Gasteiger partial charge in [0.15, 0.2) is 0 Å². The minimum atomic E-state index is -0.776. The number of non-ortho nitro benzene ring substituents is 1. The number of rotatable bonds is 8. The molecule has 2 amide bonds. The maximum Gasteiger partial charge on any atom is 0.270 e. The quantitative estimate of drug-likeness (QED) is 0.413. The van der Waals surface area contributed by atoms with Gasteiger partial charge in [0.1, 0.15) is 6.04 Å². The van der Waals surface area contributed by atoms with Crippen LogP contribution in [-0.2, 0) is 11.2 Å². The SMILES string of the molecule is Cc1nc(-c2ccc(CCNC(=O)C(C)NC(=O)c3cccc([N+](=O)[O-])c3)cc2)cs1. The Balaban J connectivity index is 1.47. The highest BCUT2D eigenvalue weighted by Gasteiger charge is 2.18. The van der Waals surface area contributed by atoms with E-state index in [0.717, 1.165) is 21.8 Å². The van der Waals surface area contributed by atoms with Gasteiger partial charge in [-0.3, -0.25) is 19.7 Å². The van der Waals surface area contributed by atoms with Gasteiger partial charge in [-0.05, 0) is 31.9 Å². The van der Waals surface area contributed by atoms with Gasteiger partial charge in [0, 0.05) is 35.2 Å². The van der Waals surface area contributed by atoms with Gasteiger partial charge in [-0.15, -0.1) is 11.3 Å². The number of benzene rings is 2. The van der Waals surface area contributed by atoms with Crippen molar-refractivity contribution in [3.05, 3.63) is 80.2 Å². The van der Waals surface area contributed by atoms with Crippen molar-refractivity contribution >= 4 is 28.8 Å². The normalized spacial score (nSPS) is 11.5. The topological polar surface area (TPSA) is 114 Å². The fourth-order valence-corrected chi connectivity index (χ4v) is 3.55. The number of nitro benzene ring substituents is 1. The van der Waals surface area contributed by atoms with Crippen molar-refractivity contribution in [1.29, 1.82) is 0 Å². The van der Waals surface area contributed by atoms with Crippen LogP contribution >= 0.6 is 11.3 Å². The average molecular weight is 439 g/mol. The Morgan fingerprint density at radius 1 is 1.19 bits per heavy atom. The van der Waals surface area contributed by atoms with Gasteiger partial charge in [0.2, 0.25) is 5.91 Å². The lowest BCUT2D eigenvalue weighted by Gasteiger charge is -2.14. The van der Waals surface area contributed by atoms with Crippen LogP contribution in [0.15, 0.2) is 53.9 Å². The Morgan fingerprint density at radius 2 is 1.94 bits per heavy atom. The minimum Gasteiger partial charge on any atom is -0.354 e. The summed E-state index contributed by atoms with van der Waals surface area (Å²) in [6.45, 7) is 3.96. The molecular formula is C22H22N4O4S. The summed E-state index contributed by atoms with van der Waals surface area (Å²) >= 11 is 1.61. The largest absolute Gasteiger partial charge is 0.354 e. The molecule has 9 heteroatoms. The molecule has 1 heterocycles. The van der Waals surface area contributed by atoms with E-state index < -0.39 is 16.9 Å². The molecule has 0 bridgehead atoms. The molecule has 0 aliphatic rings. The van der Waals surface area contributed by atoms with Gasteiger partial charge in [-0.2, -0.15) is 0 Å². The van der Waals surface area contributed by atoms with Crippen LogP contribution < -0.4 is 10.6 Å². The van der Waals surface area contributed by atoms with Crippen LogP contribution in [-0.4, -0.2) is 34.3 Å². The first kappa shape index (κ1) is 22.1. The number of carbonyl (C=O) groups is 2. The third kappa shape index (κ3) is 5.95. The summed E-state index contributed by atoms with van der Waals surface area (Å²) in [5.74, 6) is -0.868. The summed E-state index contributed by atoms with van der Waals surface area (Å²) in [5.41, 5.74) is 3.03. The maximum absolute atomic E-state index is 12.3. The summed E-state index contributed by atoms with van der Waals surface area (Å²) < 4.78 is 0. The number of aryl methyl sites for hydroxylation is 1. The maximum atomic E-state index is 12.3. The molecule has 1 aromatic heterocycles. The molecule has 0 saturated heterocycles. The monoisotopic (exact) mass is 438 g/mol. The number of nitrogens with zero attached hydrogens (tertiary/aromatic N) is 2. The van der Waals surface area contributed by atoms with Crippen molar-refractivity contribution in [2.24, 2.45) is 0 Å². The lowest BCUT2D eigenvalue weighted by Crippen LogP contribution is -2.45. The number of hydrogen-bond acceptors (Lipinski definition) is 6. The zero-order chi connectivity index (χ0) is 22.4. The van der Waals surface area contributed by atoms with E-state index in [1.807, 2.05) is 36.6 Å². The molecule has 1 unspecified atom stereocenters. The van der Waals surface area contributed by atoms with E-state index in [1.165, 1.54) is 24.3 Å². The molecular weight excluding hydrogens is 416 g/mol. The molecule has 1 atom stereocenters. The zero-order valence-corrected chi connectivity index (χ0v) is 17.9. The van der Waals surface area contributed by atoms with Gasteiger partial charge in [-0.1, -0.05) is 30.3 Å². The molecule has 2 aromatic carbocycles. The summed E-state index contributed by atoms with van der Waals surface area (Å²) in [6.07, 6.45) is 0.646. The highest BCUT2D eigenvalue weighted by molar-refractivity contribution is 7.09. The fraction of sp³-hybridized carbons (Fsp3) is 0.227. The Labute approximate surface area is 183 Å². The Morgan fingerprint density at radius 3 is 2.58 bits per heavy atom. The third-order valence-corrected chi connectivity index (χ3v) is 5.42. The molecule has 0 spiro atoms. The lowest BCUT2D eigenvalue weighted by molar-refractivity contribution is -0.384. The van der Waals surface area contributed by atoms with Gasteiger partial charge < -0.3 is 10.6 Å². The van der Waals surface area contributed by atoms with E-state index in [4.69, 9.17) is 0 Å².